The van der Waals surface area contributed by atoms with Gasteiger partial charge in [-0.25, -0.2) is 0 Å². The van der Waals surface area contributed by atoms with Crippen LogP contribution in [0.2, 0.25) is 0 Å². The number of rotatable bonds is 5. The summed E-state index contributed by atoms with van der Waals surface area (Å²) >= 11 is 0. The Balaban J connectivity index is 1.77. The molecule has 1 saturated heterocycles. The summed E-state index contributed by atoms with van der Waals surface area (Å²) in [5.41, 5.74) is 0.958. The van der Waals surface area contributed by atoms with E-state index < -0.39 is 12.5 Å². The monoisotopic (exact) mass is 374 g/mol. The molecule has 0 aromatic heterocycles. The zero-order chi connectivity index (χ0) is 19.2. The SMILES string of the molecule is O=C(Nc1ccccc1C(=O)N1CCCCC1)c1cccc(OC(F)F)c1. The van der Waals surface area contributed by atoms with Crippen LogP contribution >= 0.6 is 0 Å². The summed E-state index contributed by atoms with van der Waals surface area (Å²) in [5.74, 6) is -0.732. The number of benzene rings is 2. The van der Waals surface area contributed by atoms with Crippen LogP contribution in [0.25, 0.3) is 0 Å². The summed E-state index contributed by atoms with van der Waals surface area (Å²) < 4.78 is 29.0. The normalized spacial score (nSPS) is 14.1. The number of ether oxygens (including phenoxy) is 1. The fourth-order valence-corrected chi connectivity index (χ4v) is 3.05. The van der Waals surface area contributed by atoms with Crippen LogP contribution in [0.4, 0.5) is 14.5 Å². The first-order chi connectivity index (χ1) is 13.0. The number of likely N-dealkylation sites (tertiary alicyclic amines) is 1. The van der Waals surface area contributed by atoms with Crippen LogP contribution in [0.1, 0.15) is 40.0 Å². The van der Waals surface area contributed by atoms with Crippen molar-refractivity contribution in [3.63, 3.8) is 0 Å². The van der Waals surface area contributed by atoms with Gasteiger partial charge in [-0.05, 0) is 49.6 Å². The molecular weight excluding hydrogens is 354 g/mol. The zero-order valence-corrected chi connectivity index (χ0v) is 14.7. The zero-order valence-electron chi connectivity index (χ0n) is 14.7. The molecule has 0 saturated carbocycles. The lowest BCUT2D eigenvalue weighted by molar-refractivity contribution is -0.0498. The molecule has 1 N–H and O–H groups in total. The van der Waals surface area contributed by atoms with Crippen molar-refractivity contribution in [3.05, 3.63) is 59.7 Å². The average Bonchev–Trinajstić information content (AvgIpc) is 2.68. The molecule has 1 fully saturated rings. The number of carbonyl (C=O) groups excluding carboxylic acids is 2. The number of hydrogen-bond acceptors (Lipinski definition) is 3. The smallest absolute Gasteiger partial charge is 0.387 e. The minimum absolute atomic E-state index is 0.102. The number of hydrogen-bond donors (Lipinski definition) is 1. The number of alkyl halides is 2. The van der Waals surface area contributed by atoms with Gasteiger partial charge in [0, 0.05) is 18.7 Å². The predicted octanol–water partition coefficient (Wildman–Crippen LogP) is 4.17. The Hall–Kier alpha value is -2.96. The minimum Gasteiger partial charge on any atom is -0.435 e. The number of nitrogens with zero attached hydrogens (tertiary/aromatic N) is 1. The lowest BCUT2D eigenvalue weighted by Gasteiger charge is -2.27. The highest BCUT2D eigenvalue weighted by atomic mass is 19.3. The van der Waals surface area contributed by atoms with Gasteiger partial charge < -0.3 is 15.0 Å². The van der Waals surface area contributed by atoms with Crippen LogP contribution in [-0.4, -0.2) is 36.4 Å². The van der Waals surface area contributed by atoms with Crippen molar-refractivity contribution in [3.8, 4) is 5.75 Å². The maximum absolute atomic E-state index is 12.8. The summed E-state index contributed by atoms with van der Waals surface area (Å²) in [6, 6.07) is 12.3. The molecule has 5 nitrogen and oxygen atoms in total. The van der Waals surface area contributed by atoms with Gasteiger partial charge in [0.2, 0.25) is 0 Å². The third-order valence-corrected chi connectivity index (χ3v) is 4.37. The molecule has 7 heteroatoms. The van der Waals surface area contributed by atoms with Crippen molar-refractivity contribution in [2.24, 2.45) is 0 Å². The Labute approximate surface area is 155 Å². The van der Waals surface area contributed by atoms with Crippen LogP contribution in [0.5, 0.6) is 5.75 Å². The second-order valence-corrected chi connectivity index (χ2v) is 6.26. The molecule has 3 rings (SSSR count). The second kappa shape index (κ2) is 8.62. The van der Waals surface area contributed by atoms with Crippen molar-refractivity contribution >= 4 is 17.5 Å². The van der Waals surface area contributed by atoms with E-state index in [9.17, 15) is 18.4 Å². The molecule has 27 heavy (non-hydrogen) atoms. The fraction of sp³-hybridized carbons (Fsp3) is 0.300. The first-order valence-electron chi connectivity index (χ1n) is 8.79. The third kappa shape index (κ3) is 4.81. The van der Waals surface area contributed by atoms with E-state index in [2.05, 4.69) is 10.1 Å². The van der Waals surface area contributed by atoms with Crippen molar-refractivity contribution in [2.75, 3.05) is 18.4 Å². The molecule has 0 radical (unpaired) electrons. The highest BCUT2D eigenvalue weighted by Gasteiger charge is 2.21. The van der Waals surface area contributed by atoms with E-state index in [0.29, 0.717) is 24.3 Å². The Bertz CT molecular complexity index is 820. The fourth-order valence-electron chi connectivity index (χ4n) is 3.05. The number of carbonyl (C=O) groups is 2. The standard InChI is InChI=1S/C20H20F2N2O3/c21-20(22)27-15-8-6-7-14(13-15)18(25)23-17-10-3-2-9-16(17)19(26)24-11-4-1-5-12-24/h2-3,6-10,13,20H,1,4-5,11-12H2,(H,23,25). The van der Waals surface area contributed by atoms with Crippen LogP contribution in [0, 0.1) is 0 Å². The maximum Gasteiger partial charge on any atom is 0.387 e. The van der Waals surface area contributed by atoms with Gasteiger partial charge in [-0.2, -0.15) is 8.78 Å². The maximum atomic E-state index is 12.8. The predicted molar refractivity (Wildman–Crippen MR) is 97.2 cm³/mol. The van der Waals surface area contributed by atoms with Gasteiger partial charge in [-0.3, -0.25) is 9.59 Å². The molecule has 0 atom stereocenters. The van der Waals surface area contributed by atoms with Crippen LogP contribution in [0.15, 0.2) is 48.5 Å². The van der Waals surface area contributed by atoms with Gasteiger partial charge in [0.15, 0.2) is 0 Å². The van der Waals surface area contributed by atoms with E-state index in [1.165, 1.54) is 24.3 Å². The van der Waals surface area contributed by atoms with E-state index in [1.54, 1.807) is 29.2 Å². The Morgan fingerprint density at radius 1 is 1.00 bits per heavy atom. The average molecular weight is 374 g/mol. The van der Waals surface area contributed by atoms with Crippen molar-refractivity contribution in [1.29, 1.82) is 0 Å². The topological polar surface area (TPSA) is 58.6 Å². The molecule has 0 aliphatic carbocycles. The molecule has 1 heterocycles. The van der Waals surface area contributed by atoms with Gasteiger partial charge in [0.05, 0.1) is 11.3 Å². The van der Waals surface area contributed by atoms with Gasteiger partial charge in [-0.15, -0.1) is 0 Å². The molecule has 1 aliphatic rings. The molecule has 2 amide bonds. The quantitative estimate of drug-likeness (QED) is 0.855. The summed E-state index contributed by atoms with van der Waals surface area (Å²) in [5, 5.41) is 2.70. The largest absolute Gasteiger partial charge is 0.435 e. The van der Waals surface area contributed by atoms with Gasteiger partial charge in [0.1, 0.15) is 5.75 Å². The van der Waals surface area contributed by atoms with Gasteiger partial charge in [-0.1, -0.05) is 18.2 Å². The minimum atomic E-state index is -2.97. The molecular formula is C20H20F2N2O3. The van der Waals surface area contributed by atoms with Crippen molar-refractivity contribution < 1.29 is 23.1 Å². The number of anilines is 1. The number of piperidine rings is 1. The van der Waals surface area contributed by atoms with E-state index >= 15 is 0 Å². The second-order valence-electron chi connectivity index (χ2n) is 6.26. The van der Waals surface area contributed by atoms with E-state index in [4.69, 9.17) is 0 Å². The molecule has 0 bridgehead atoms. The van der Waals surface area contributed by atoms with Gasteiger partial charge >= 0.3 is 6.61 Å². The number of para-hydroxylation sites is 1. The van der Waals surface area contributed by atoms with E-state index in [-0.39, 0.29) is 17.2 Å². The molecule has 0 spiro atoms. The Morgan fingerprint density at radius 3 is 2.48 bits per heavy atom. The number of nitrogens with one attached hydrogen (secondary N) is 1. The van der Waals surface area contributed by atoms with Gasteiger partial charge in [0.25, 0.3) is 11.8 Å². The van der Waals surface area contributed by atoms with Crippen molar-refractivity contribution in [2.45, 2.75) is 25.9 Å². The molecule has 142 valence electrons. The summed E-state index contributed by atoms with van der Waals surface area (Å²) in [6.45, 7) is -1.56. The first kappa shape index (κ1) is 18.8. The Kier molecular flexibility index (Phi) is 6.01. The van der Waals surface area contributed by atoms with E-state index in [0.717, 1.165) is 19.3 Å². The number of halogens is 2. The summed E-state index contributed by atoms with van der Waals surface area (Å²) in [6.07, 6.45) is 3.05. The summed E-state index contributed by atoms with van der Waals surface area (Å²) in [4.78, 5) is 27.1. The van der Waals surface area contributed by atoms with Crippen LogP contribution < -0.4 is 10.1 Å². The third-order valence-electron chi connectivity index (χ3n) is 4.37. The highest BCUT2D eigenvalue weighted by molar-refractivity contribution is 6.09. The molecule has 0 unspecified atom stereocenters. The molecule has 1 aliphatic heterocycles. The first-order valence-corrected chi connectivity index (χ1v) is 8.79. The Morgan fingerprint density at radius 2 is 1.74 bits per heavy atom. The lowest BCUT2D eigenvalue weighted by Crippen LogP contribution is -2.36. The highest BCUT2D eigenvalue weighted by Crippen LogP contribution is 2.22. The molecule has 2 aromatic carbocycles. The van der Waals surface area contributed by atoms with Crippen LogP contribution in [-0.2, 0) is 0 Å². The number of amides is 2. The lowest BCUT2D eigenvalue weighted by atomic mass is 10.1. The molecule has 2 aromatic rings. The van der Waals surface area contributed by atoms with E-state index in [1.807, 2.05) is 0 Å². The van der Waals surface area contributed by atoms with Crippen LogP contribution in [0.3, 0.4) is 0 Å². The summed E-state index contributed by atoms with van der Waals surface area (Å²) in [7, 11) is 0. The van der Waals surface area contributed by atoms with Crippen molar-refractivity contribution in [1.82, 2.24) is 4.90 Å².